The summed E-state index contributed by atoms with van der Waals surface area (Å²) in [5, 5.41) is 0. The third kappa shape index (κ3) is 47.7. The molecule has 0 fully saturated rings. The summed E-state index contributed by atoms with van der Waals surface area (Å²) >= 11 is 0. The Kier molecular flexibility index (Phi) is 48.1. The first-order valence-electron chi connectivity index (χ1n) is 27.4. The Bertz CT molecular complexity index is 920. The monoisotopic (exact) mass is 863 g/mol. The van der Waals surface area contributed by atoms with Gasteiger partial charge in [-0.3, -0.25) is 14.4 Å². The molecular weight excluding hydrogens is 757 g/mol. The number of rotatable bonds is 50. The Morgan fingerprint density at radius 3 is 0.852 bits per heavy atom. The van der Waals surface area contributed by atoms with E-state index in [0.717, 1.165) is 63.7 Å². The van der Waals surface area contributed by atoms with Crippen molar-refractivity contribution in [2.45, 2.75) is 316 Å². The van der Waals surface area contributed by atoms with Crippen LogP contribution >= 0.6 is 0 Å². The minimum atomic E-state index is -0.759. The number of esters is 3. The molecule has 6 heteroatoms. The SMILES string of the molecule is CCCCCCCCCCCCCCC(=O)OC[C@@H](COC(=O)CCCCCCCCCCCCCCCCCCCCC(C)CC)OC(=O)CCCCCCCCCCC. The van der Waals surface area contributed by atoms with Gasteiger partial charge in [0.05, 0.1) is 0 Å². The standard InChI is InChI=1S/C55H106O6/c1-5-8-10-12-14-16-17-27-31-34-38-42-46-53(56)59-49-52(61-55(58)48-44-40-36-29-15-13-11-9-6-2)50-60-54(57)47-43-39-35-32-28-25-23-21-19-18-20-22-24-26-30-33-37-41-45-51(4)7-3/h51-52H,5-50H2,1-4H3/t51?,52-/m0/s1. The molecule has 6 nitrogen and oxygen atoms in total. The summed E-state index contributed by atoms with van der Waals surface area (Å²) in [6.07, 6.45) is 52.4. The molecule has 0 saturated carbocycles. The van der Waals surface area contributed by atoms with Gasteiger partial charge in [0.2, 0.25) is 0 Å². The van der Waals surface area contributed by atoms with E-state index in [-0.39, 0.29) is 31.1 Å². The molecule has 0 amide bonds. The second kappa shape index (κ2) is 49.4. The topological polar surface area (TPSA) is 78.9 Å². The molecule has 0 aromatic carbocycles. The summed E-state index contributed by atoms with van der Waals surface area (Å²) < 4.78 is 16.8. The summed E-state index contributed by atoms with van der Waals surface area (Å²) in [4.78, 5) is 37.9. The highest BCUT2D eigenvalue weighted by Crippen LogP contribution is 2.18. The first kappa shape index (κ1) is 59.4. The van der Waals surface area contributed by atoms with E-state index in [1.807, 2.05) is 0 Å². The molecule has 0 heterocycles. The van der Waals surface area contributed by atoms with Gasteiger partial charge >= 0.3 is 17.9 Å². The minimum Gasteiger partial charge on any atom is -0.462 e. The molecule has 0 aromatic rings. The van der Waals surface area contributed by atoms with E-state index < -0.39 is 6.10 Å². The van der Waals surface area contributed by atoms with Crippen molar-refractivity contribution >= 4 is 17.9 Å². The van der Waals surface area contributed by atoms with Crippen LogP contribution in [0.3, 0.4) is 0 Å². The molecule has 0 rings (SSSR count). The number of unbranched alkanes of at least 4 members (excludes halogenated alkanes) is 36. The van der Waals surface area contributed by atoms with Crippen LogP contribution in [0.5, 0.6) is 0 Å². The second-order valence-corrected chi connectivity index (χ2v) is 19.1. The van der Waals surface area contributed by atoms with Gasteiger partial charge in [0.25, 0.3) is 0 Å². The van der Waals surface area contributed by atoms with E-state index in [1.165, 1.54) is 205 Å². The van der Waals surface area contributed by atoms with Gasteiger partial charge in [-0.05, 0) is 25.2 Å². The summed E-state index contributed by atoms with van der Waals surface area (Å²) in [5.74, 6) is 0.0656. The van der Waals surface area contributed by atoms with Crippen LogP contribution in [0.4, 0.5) is 0 Å². The molecule has 0 spiro atoms. The maximum Gasteiger partial charge on any atom is 0.306 e. The zero-order valence-corrected chi connectivity index (χ0v) is 41.6. The molecule has 0 aromatic heterocycles. The third-order valence-electron chi connectivity index (χ3n) is 12.9. The molecule has 362 valence electrons. The molecule has 2 atom stereocenters. The molecule has 1 unspecified atom stereocenters. The van der Waals surface area contributed by atoms with Gasteiger partial charge < -0.3 is 14.2 Å². The van der Waals surface area contributed by atoms with Crippen LogP contribution in [0.1, 0.15) is 310 Å². The number of hydrogen-bond donors (Lipinski definition) is 0. The highest BCUT2D eigenvalue weighted by Gasteiger charge is 2.19. The maximum atomic E-state index is 12.7. The zero-order valence-electron chi connectivity index (χ0n) is 41.6. The van der Waals surface area contributed by atoms with Gasteiger partial charge in [-0.25, -0.2) is 0 Å². The van der Waals surface area contributed by atoms with E-state index in [9.17, 15) is 14.4 Å². The van der Waals surface area contributed by atoms with Crippen molar-refractivity contribution in [2.75, 3.05) is 13.2 Å². The van der Waals surface area contributed by atoms with Gasteiger partial charge in [-0.1, -0.05) is 272 Å². The average Bonchev–Trinajstić information content (AvgIpc) is 3.26. The van der Waals surface area contributed by atoms with Gasteiger partial charge in [0.15, 0.2) is 6.10 Å². The lowest BCUT2D eigenvalue weighted by molar-refractivity contribution is -0.167. The largest absolute Gasteiger partial charge is 0.462 e. The number of ether oxygens (including phenoxy) is 3. The molecule has 0 bridgehead atoms. The quantitative estimate of drug-likeness (QED) is 0.0344. The van der Waals surface area contributed by atoms with E-state index in [1.54, 1.807) is 0 Å². The lowest BCUT2D eigenvalue weighted by Crippen LogP contribution is -2.30. The Labute approximate surface area is 380 Å². The van der Waals surface area contributed by atoms with Crippen LogP contribution in [0, 0.1) is 5.92 Å². The van der Waals surface area contributed by atoms with Crippen molar-refractivity contribution in [1.82, 2.24) is 0 Å². The second-order valence-electron chi connectivity index (χ2n) is 19.1. The van der Waals surface area contributed by atoms with E-state index in [0.29, 0.717) is 19.3 Å². The third-order valence-corrected chi connectivity index (χ3v) is 12.9. The number of carbonyl (C=O) groups excluding carboxylic acids is 3. The van der Waals surface area contributed by atoms with Crippen LogP contribution in [0.2, 0.25) is 0 Å². The molecule has 0 N–H and O–H groups in total. The smallest absolute Gasteiger partial charge is 0.306 e. The predicted octanol–water partition coefficient (Wildman–Crippen LogP) is 17.8. The first-order valence-corrected chi connectivity index (χ1v) is 27.4. The predicted molar refractivity (Wildman–Crippen MR) is 261 cm³/mol. The van der Waals surface area contributed by atoms with Gasteiger partial charge in [-0.15, -0.1) is 0 Å². The van der Waals surface area contributed by atoms with Crippen LogP contribution in [-0.4, -0.2) is 37.2 Å². The summed E-state index contributed by atoms with van der Waals surface area (Å²) in [7, 11) is 0. The Morgan fingerprint density at radius 2 is 0.574 bits per heavy atom. The number of carbonyl (C=O) groups is 3. The van der Waals surface area contributed by atoms with E-state index >= 15 is 0 Å². The minimum absolute atomic E-state index is 0.0625. The molecule has 0 aliphatic rings. The van der Waals surface area contributed by atoms with E-state index in [2.05, 4.69) is 27.7 Å². The van der Waals surface area contributed by atoms with Gasteiger partial charge in [-0.2, -0.15) is 0 Å². The molecule has 0 aliphatic carbocycles. The number of hydrogen-bond acceptors (Lipinski definition) is 6. The fourth-order valence-electron chi connectivity index (χ4n) is 8.36. The lowest BCUT2D eigenvalue weighted by Gasteiger charge is -2.18. The maximum absolute atomic E-state index is 12.7. The van der Waals surface area contributed by atoms with Crippen LogP contribution in [0.15, 0.2) is 0 Å². The normalized spacial score (nSPS) is 12.4. The molecule has 0 aliphatic heterocycles. The Hall–Kier alpha value is -1.59. The van der Waals surface area contributed by atoms with Crippen LogP contribution in [0.25, 0.3) is 0 Å². The van der Waals surface area contributed by atoms with E-state index in [4.69, 9.17) is 14.2 Å². The van der Waals surface area contributed by atoms with Crippen molar-refractivity contribution in [3.8, 4) is 0 Å². The summed E-state index contributed by atoms with van der Waals surface area (Å²) in [5.41, 5.74) is 0. The van der Waals surface area contributed by atoms with Crippen LogP contribution < -0.4 is 0 Å². The Balaban J connectivity index is 4.13. The zero-order chi connectivity index (χ0) is 44.5. The summed E-state index contributed by atoms with van der Waals surface area (Å²) in [6.45, 7) is 9.07. The first-order chi connectivity index (χ1) is 29.9. The van der Waals surface area contributed by atoms with Crippen molar-refractivity contribution < 1.29 is 28.6 Å². The van der Waals surface area contributed by atoms with Crippen molar-refractivity contribution in [2.24, 2.45) is 5.92 Å². The lowest BCUT2D eigenvalue weighted by atomic mass is 9.99. The Morgan fingerprint density at radius 1 is 0.328 bits per heavy atom. The van der Waals surface area contributed by atoms with Crippen molar-refractivity contribution in [3.05, 3.63) is 0 Å². The van der Waals surface area contributed by atoms with Crippen molar-refractivity contribution in [1.29, 1.82) is 0 Å². The highest BCUT2D eigenvalue weighted by atomic mass is 16.6. The summed E-state index contributed by atoms with van der Waals surface area (Å²) in [6, 6.07) is 0. The molecular formula is C55H106O6. The fourth-order valence-corrected chi connectivity index (χ4v) is 8.36. The van der Waals surface area contributed by atoms with Gasteiger partial charge in [0, 0.05) is 19.3 Å². The average molecular weight is 863 g/mol. The fraction of sp³-hybridized carbons (Fsp3) is 0.945. The van der Waals surface area contributed by atoms with Crippen LogP contribution in [-0.2, 0) is 28.6 Å². The molecule has 0 saturated heterocycles. The van der Waals surface area contributed by atoms with Crippen molar-refractivity contribution in [3.63, 3.8) is 0 Å². The molecule has 61 heavy (non-hydrogen) atoms. The van der Waals surface area contributed by atoms with Gasteiger partial charge in [0.1, 0.15) is 13.2 Å². The molecule has 0 radical (unpaired) electrons. The highest BCUT2D eigenvalue weighted by molar-refractivity contribution is 5.71.